The van der Waals surface area contributed by atoms with Crippen molar-refractivity contribution < 1.29 is 18.5 Å². The number of hydrogen-bond acceptors (Lipinski definition) is 4. The second-order valence-electron chi connectivity index (χ2n) is 4.42. The first kappa shape index (κ1) is 16.4. The molecule has 0 bridgehead atoms. The zero-order valence-corrected chi connectivity index (χ0v) is 12.6. The Kier molecular flexibility index (Phi) is 6.38. The highest BCUT2D eigenvalue weighted by Gasteiger charge is 2.26. The van der Waals surface area contributed by atoms with Crippen LogP contribution in [0.5, 0.6) is 0 Å². The van der Waals surface area contributed by atoms with Crippen LogP contribution in [-0.2, 0) is 25.1 Å². The first-order valence-corrected chi connectivity index (χ1v) is 7.55. The van der Waals surface area contributed by atoms with Gasteiger partial charge in [0.05, 0.1) is 13.5 Å². The van der Waals surface area contributed by atoms with Gasteiger partial charge in [-0.2, -0.15) is 0 Å². The smallest absolute Gasteiger partial charge is 0.306 e. The second kappa shape index (κ2) is 7.79. The Morgan fingerprint density at radius 2 is 1.85 bits per heavy atom. The average Bonchev–Trinajstić information content (AvgIpc) is 2.46. The number of carbonyl (C=O) groups excluding carboxylic acids is 2. The molecule has 110 valence electrons. The Morgan fingerprint density at radius 1 is 1.25 bits per heavy atom. The van der Waals surface area contributed by atoms with Gasteiger partial charge in [-0.3, -0.25) is 13.8 Å². The molecule has 1 amide bonds. The zero-order valence-electron chi connectivity index (χ0n) is 11.8. The molecule has 0 heterocycles. The van der Waals surface area contributed by atoms with Crippen molar-refractivity contribution in [3.63, 3.8) is 0 Å². The van der Waals surface area contributed by atoms with Gasteiger partial charge in [0.25, 0.3) is 0 Å². The van der Waals surface area contributed by atoms with Crippen LogP contribution in [0.2, 0.25) is 0 Å². The third-order valence-corrected chi connectivity index (χ3v) is 4.71. The van der Waals surface area contributed by atoms with E-state index in [2.05, 4.69) is 10.1 Å². The summed E-state index contributed by atoms with van der Waals surface area (Å²) in [5.74, 6) is -0.757. The first-order chi connectivity index (χ1) is 9.45. The molecule has 0 aromatic heterocycles. The summed E-state index contributed by atoms with van der Waals surface area (Å²) in [4.78, 5) is 23.1. The van der Waals surface area contributed by atoms with E-state index in [9.17, 15) is 13.8 Å². The van der Waals surface area contributed by atoms with Gasteiger partial charge in [-0.1, -0.05) is 25.1 Å². The predicted octanol–water partition coefficient (Wildman–Crippen LogP) is 1.71. The highest BCUT2D eigenvalue weighted by molar-refractivity contribution is 7.87. The van der Waals surface area contributed by atoms with Crippen LogP contribution in [0.1, 0.15) is 20.3 Å². The average molecular weight is 297 g/mol. The molecule has 0 saturated carbocycles. The number of amides is 1. The summed E-state index contributed by atoms with van der Waals surface area (Å²) in [7, 11) is -0.167. The number of hydrogen-bond donors (Lipinski definition) is 1. The lowest BCUT2D eigenvalue weighted by Gasteiger charge is -2.16. The van der Waals surface area contributed by atoms with E-state index in [1.165, 1.54) is 7.11 Å². The Bertz CT molecular complexity index is 489. The molecule has 20 heavy (non-hydrogen) atoms. The van der Waals surface area contributed by atoms with E-state index >= 15 is 0 Å². The molecule has 0 aliphatic heterocycles. The normalized spacial score (nSPS) is 14.9. The molecule has 0 spiro atoms. The van der Waals surface area contributed by atoms with Gasteiger partial charge in [0.15, 0.2) is 0 Å². The minimum absolute atomic E-state index is 0.0338. The summed E-state index contributed by atoms with van der Waals surface area (Å²) in [6.45, 7) is 3.25. The summed E-state index contributed by atoms with van der Waals surface area (Å²) in [6, 6.07) is 8.96. The highest BCUT2D eigenvalue weighted by atomic mass is 32.2. The van der Waals surface area contributed by atoms with Crippen molar-refractivity contribution >= 4 is 28.4 Å². The molecular weight excluding hydrogens is 278 g/mol. The maximum Gasteiger partial charge on any atom is 0.306 e. The number of esters is 1. The molecule has 0 aliphatic rings. The third kappa shape index (κ3) is 4.77. The van der Waals surface area contributed by atoms with E-state index < -0.39 is 27.3 Å². The number of anilines is 1. The molecule has 1 rings (SSSR count). The van der Waals surface area contributed by atoms with E-state index in [0.29, 0.717) is 5.69 Å². The van der Waals surface area contributed by atoms with E-state index in [0.717, 1.165) is 0 Å². The molecule has 0 fully saturated rings. The molecule has 6 heteroatoms. The van der Waals surface area contributed by atoms with Crippen molar-refractivity contribution in [3.8, 4) is 0 Å². The fourth-order valence-corrected chi connectivity index (χ4v) is 2.89. The molecule has 3 unspecified atom stereocenters. The lowest BCUT2D eigenvalue weighted by molar-refractivity contribution is -0.140. The fraction of sp³-hybridized carbons (Fsp3) is 0.429. The van der Waals surface area contributed by atoms with Crippen LogP contribution in [0.15, 0.2) is 30.3 Å². The largest absolute Gasteiger partial charge is 0.469 e. The van der Waals surface area contributed by atoms with Crippen molar-refractivity contribution in [1.82, 2.24) is 0 Å². The van der Waals surface area contributed by atoms with Crippen molar-refractivity contribution in [2.45, 2.75) is 30.8 Å². The molecule has 3 atom stereocenters. The Morgan fingerprint density at radius 3 is 2.40 bits per heavy atom. The zero-order chi connectivity index (χ0) is 15.1. The molecule has 0 aliphatic carbocycles. The monoisotopic (exact) mass is 297 g/mol. The van der Waals surface area contributed by atoms with E-state index in [1.54, 1.807) is 38.1 Å². The number of methoxy groups -OCH3 is 1. The Labute approximate surface area is 121 Å². The summed E-state index contributed by atoms with van der Waals surface area (Å²) in [5, 5.41) is 1.57. The quantitative estimate of drug-likeness (QED) is 0.811. The van der Waals surface area contributed by atoms with Crippen LogP contribution in [0.4, 0.5) is 5.69 Å². The summed E-state index contributed by atoms with van der Waals surface area (Å²) in [6.07, 6.45) is 0.0338. The van der Waals surface area contributed by atoms with Gasteiger partial charge in [0.2, 0.25) is 5.91 Å². The lowest BCUT2D eigenvalue weighted by atomic mass is 10.3. The van der Waals surface area contributed by atoms with Crippen molar-refractivity contribution in [2.75, 3.05) is 12.4 Å². The summed E-state index contributed by atoms with van der Waals surface area (Å²) in [5.41, 5.74) is 0.655. The van der Waals surface area contributed by atoms with Crippen LogP contribution in [0.3, 0.4) is 0 Å². The van der Waals surface area contributed by atoms with Crippen molar-refractivity contribution in [2.24, 2.45) is 0 Å². The van der Waals surface area contributed by atoms with Gasteiger partial charge in [-0.15, -0.1) is 0 Å². The van der Waals surface area contributed by atoms with E-state index in [1.807, 2.05) is 6.07 Å². The maximum absolute atomic E-state index is 12.2. The van der Waals surface area contributed by atoms with Gasteiger partial charge in [-0.25, -0.2) is 0 Å². The minimum Gasteiger partial charge on any atom is -0.469 e. The summed E-state index contributed by atoms with van der Waals surface area (Å²) >= 11 is 0. The minimum atomic E-state index is -1.45. The molecule has 0 saturated heterocycles. The maximum atomic E-state index is 12.2. The fourth-order valence-electron chi connectivity index (χ4n) is 1.62. The second-order valence-corrected chi connectivity index (χ2v) is 6.59. The number of rotatable bonds is 6. The molecule has 1 aromatic carbocycles. The molecule has 1 aromatic rings. The number of benzene rings is 1. The number of para-hydroxylation sites is 1. The van der Waals surface area contributed by atoms with Crippen LogP contribution in [0.25, 0.3) is 0 Å². The number of carbonyl (C=O) groups is 2. The number of ether oxygens (including phenoxy) is 1. The van der Waals surface area contributed by atoms with Crippen molar-refractivity contribution in [3.05, 3.63) is 30.3 Å². The van der Waals surface area contributed by atoms with Gasteiger partial charge in [0.1, 0.15) is 5.25 Å². The molecule has 0 radical (unpaired) electrons. The van der Waals surface area contributed by atoms with Gasteiger partial charge >= 0.3 is 5.97 Å². The molecule has 1 N–H and O–H groups in total. The van der Waals surface area contributed by atoms with Gasteiger partial charge in [-0.05, 0) is 19.1 Å². The van der Waals surface area contributed by atoms with Crippen LogP contribution < -0.4 is 5.32 Å². The van der Waals surface area contributed by atoms with Crippen LogP contribution in [0, 0.1) is 0 Å². The van der Waals surface area contributed by atoms with Gasteiger partial charge in [0, 0.05) is 21.7 Å². The van der Waals surface area contributed by atoms with Gasteiger partial charge < -0.3 is 10.1 Å². The standard InChI is InChI=1S/C14H19NO4S/c1-10(9-13(16)19-3)20(18)11(2)14(17)15-12-7-5-4-6-8-12/h4-8,10-11H,9H2,1-3H3,(H,15,17). The predicted molar refractivity (Wildman–Crippen MR) is 78.8 cm³/mol. The summed E-state index contributed by atoms with van der Waals surface area (Å²) < 4.78 is 16.7. The lowest BCUT2D eigenvalue weighted by Crippen LogP contribution is -2.34. The SMILES string of the molecule is COC(=O)CC(C)S(=O)C(C)C(=O)Nc1ccccc1. The van der Waals surface area contributed by atoms with Crippen LogP contribution in [-0.4, -0.2) is 33.7 Å². The molecule has 5 nitrogen and oxygen atoms in total. The number of nitrogens with one attached hydrogen (secondary N) is 1. The molecular formula is C14H19NO4S. The van der Waals surface area contributed by atoms with E-state index in [4.69, 9.17) is 0 Å². The Balaban J connectivity index is 2.60. The Hall–Kier alpha value is -1.69. The third-order valence-electron chi connectivity index (χ3n) is 2.84. The first-order valence-electron chi connectivity index (χ1n) is 6.27. The van der Waals surface area contributed by atoms with Crippen molar-refractivity contribution in [1.29, 1.82) is 0 Å². The topological polar surface area (TPSA) is 72.5 Å². The van der Waals surface area contributed by atoms with Crippen LogP contribution >= 0.6 is 0 Å². The van der Waals surface area contributed by atoms with E-state index in [-0.39, 0.29) is 12.3 Å². The highest BCUT2D eigenvalue weighted by Crippen LogP contribution is 2.12.